The van der Waals surface area contributed by atoms with Crippen LogP contribution < -0.4 is 10.6 Å². The zero-order valence-electron chi connectivity index (χ0n) is 15.1. The normalized spacial score (nSPS) is 11.0. The van der Waals surface area contributed by atoms with Crippen LogP contribution in [0, 0.1) is 17.0 Å². The maximum atomic E-state index is 12.6. The van der Waals surface area contributed by atoms with Gasteiger partial charge in [0.05, 0.1) is 17.1 Å². The van der Waals surface area contributed by atoms with Gasteiger partial charge in [-0.2, -0.15) is 13.2 Å². The van der Waals surface area contributed by atoms with Crippen LogP contribution in [0.25, 0.3) is 0 Å². The number of benzene rings is 2. The second kappa shape index (κ2) is 8.59. The highest BCUT2D eigenvalue weighted by Crippen LogP contribution is 2.33. The van der Waals surface area contributed by atoms with Crippen LogP contribution in [-0.4, -0.2) is 17.6 Å². The molecule has 2 aromatic carbocycles. The van der Waals surface area contributed by atoms with Crippen LogP contribution in [-0.2, 0) is 17.5 Å². The predicted octanol–water partition coefficient (Wildman–Crippen LogP) is 5.10. The fourth-order valence-corrected chi connectivity index (χ4v) is 2.46. The van der Waals surface area contributed by atoms with Gasteiger partial charge in [-0.05, 0) is 43.2 Å². The van der Waals surface area contributed by atoms with Gasteiger partial charge in [0.25, 0.3) is 5.69 Å². The van der Waals surface area contributed by atoms with Crippen molar-refractivity contribution >= 4 is 23.2 Å². The van der Waals surface area contributed by atoms with Crippen molar-refractivity contribution in [2.45, 2.75) is 26.6 Å². The molecule has 0 aromatic heterocycles. The van der Waals surface area contributed by atoms with Crippen molar-refractivity contribution in [1.82, 2.24) is 0 Å². The number of ether oxygens (including phenoxy) is 1. The quantitative estimate of drug-likeness (QED) is 0.522. The summed E-state index contributed by atoms with van der Waals surface area (Å²) in [6.45, 7) is 3.47. The second-order valence-electron chi connectivity index (χ2n) is 5.84. The summed E-state index contributed by atoms with van der Waals surface area (Å²) < 4.78 is 42.5. The van der Waals surface area contributed by atoms with E-state index < -0.39 is 22.8 Å². The molecule has 0 heterocycles. The van der Waals surface area contributed by atoms with E-state index in [9.17, 15) is 28.1 Å². The molecule has 0 aliphatic rings. The van der Waals surface area contributed by atoms with Gasteiger partial charge in [0.15, 0.2) is 0 Å². The summed E-state index contributed by atoms with van der Waals surface area (Å²) in [5, 5.41) is 16.6. The van der Waals surface area contributed by atoms with Gasteiger partial charge in [-0.1, -0.05) is 12.1 Å². The van der Waals surface area contributed by atoms with Crippen molar-refractivity contribution in [2.75, 3.05) is 17.2 Å². The van der Waals surface area contributed by atoms with E-state index in [-0.39, 0.29) is 24.5 Å². The van der Waals surface area contributed by atoms with E-state index in [1.807, 2.05) is 0 Å². The van der Waals surface area contributed by atoms with Crippen LogP contribution in [0.2, 0.25) is 0 Å². The first-order valence-electron chi connectivity index (χ1n) is 8.24. The van der Waals surface area contributed by atoms with Crippen LogP contribution in [0.4, 0.5) is 35.0 Å². The number of carbonyl (C=O) groups is 1. The zero-order valence-corrected chi connectivity index (χ0v) is 15.1. The number of halogens is 3. The van der Waals surface area contributed by atoms with Crippen LogP contribution >= 0.6 is 0 Å². The van der Waals surface area contributed by atoms with Crippen LogP contribution in [0.15, 0.2) is 36.4 Å². The van der Waals surface area contributed by atoms with Gasteiger partial charge < -0.3 is 10.1 Å². The average Bonchev–Trinajstić information content (AvgIpc) is 2.61. The molecule has 0 fully saturated rings. The Hall–Kier alpha value is -3.30. The molecule has 0 saturated carbocycles. The third-order valence-corrected chi connectivity index (χ3v) is 3.79. The van der Waals surface area contributed by atoms with E-state index in [0.717, 1.165) is 12.1 Å². The average molecular weight is 397 g/mol. The number of hydrogen-bond acceptors (Lipinski definition) is 5. The Morgan fingerprint density at radius 2 is 1.86 bits per heavy atom. The van der Waals surface area contributed by atoms with Crippen LogP contribution in [0.5, 0.6) is 0 Å². The monoisotopic (exact) mass is 397 g/mol. The number of nitro benzene ring substituents is 1. The molecule has 2 N–H and O–H groups in total. The van der Waals surface area contributed by atoms with E-state index in [1.54, 1.807) is 19.9 Å². The van der Waals surface area contributed by atoms with Gasteiger partial charge in [-0.25, -0.2) is 4.79 Å². The minimum absolute atomic E-state index is 0.0172. The molecule has 150 valence electrons. The number of nitrogens with one attached hydrogen (secondary N) is 2. The molecule has 1 amide bonds. The summed E-state index contributed by atoms with van der Waals surface area (Å²) in [6, 6.07) is 7.41. The topological polar surface area (TPSA) is 93.5 Å². The van der Waals surface area contributed by atoms with Crippen molar-refractivity contribution in [1.29, 1.82) is 0 Å². The first-order chi connectivity index (χ1) is 13.1. The molecular formula is C18H18F3N3O4. The zero-order chi connectivity index (χ0) is 20.9. The van der Waals surface area contributed by atoms with Crippen molar-refractivity contribution in [3.63, 3.8) is 0 Å². The summed E-state index contributed by atoms with van der Waals surface area (Å²) in [5.41, 5.74) is 0.321. The van der Waals surface area contributed by atoms with Gasteiger partial charge in [0.2, 0.25) is 0 Å². The second-order valence-corrected chi connectivity index (χ2v) is 5.84. The SMILES string of the molecule is CCOC(=O)Nc1c(C)cc(NCc2ccc(C(F)(F)F)cc2)cc1[N+](=O)[O-]. The van der Waals surface area contributed by atoms with E-state index >= 15 is 0 Å². The number of hydrogen-bond donors (Lipinski definition) is 2. The molecule has 0 atom stereocenters. The first-order valence-corrected chi connectivity index (χ1v) is 8.24. The number of nitrogens with zero attached hydrogens (tertiary/aromatic N) is 1. The Morgan fingerprint density at radius 1 is 1.21 bits per heavy atom. The molecule has 28 heavy (non-hydrogen) atoms. The highest BCUT2D eigenvalue weighted by atomic mass is 19.4. The minimum Gasteiger partial charge on any atom is -0.450 e. The standard InChI is InChI=1S/C18H18F3N3O4/c1-3-28-17(25)23-16-11(2)8-14(9-15(16)24(26)27)22-10-12-4-6-13(7-5-12)18(19,20)21/h4-9,22H,3,10H2,1-2H3,(H,23,25). The Morgan fingerprint density at radius 3 is 2.39 bits per heavy atom. The molecule has 10 heteroatoms. The third-order valence-electron chi connectivity index (χ3n) is 3.79. The first kappa shape index (κ1) is 21.0. The number of nitro groups is 1. The molecule has 2 rings (SSSR count). The van der Waals surface area contributed by atoms with E-state index in [1.165, 1.54) is 18.2 Å². The summed E-state index contributed by atoms with van der Waals surface area (Å²) in [4.78, 5) is 22.3. The number of anilines is 2. The molecule has 2 aromatic rings. The summed E-state index contributed by atoms with van der Waals surface area (Å²) in [6.07, 6.45) is -5.22. The Kier molecular flexibility index (Phi) is 6.45. The lowest BCUT2D eigenvalue weighted by Gasteiger charge is -2.13. The molecular weight excluding hydrogens is 379 g/mol. The van der Waals surface area contributed by atoms with Crippen LogP contribution in [0.1, 0.15) is 23.6 Å². The molecule has 0 aliphatic heterocycles. The van der Waals surface area contributed by atoms with Crippen molar-refractivity contribution in [2.24, 2.45) is 0 Å². The molecule has 0 spiro atoms. The van der Waals surface area contributed by atoms with Crippen molar-refractivity contribution in [3.8, 4) is 0 Å². The maximum absolute atomic E-state index is 12.6. The molecule has 7 nitrogen and oxygen atoms in total. The molecule has 0 aliphatic carbocycles. The van der Waals surface area contributed by atoms with Gasteiger partial charge in [-0.15, -0.1) is 0 Å². The Labute approximate surface area is 158 Å². The van der Waals surface area contributed by atoms with Crippen LogP contribution in [0.3, 0.4) is 0 Å². The van der Waals surface area contributed by atoms with Gasteiger partial charge in [-0.3, -0.25) is 15.4 Å². The highest BCUT2D eigenvalue weighted by molar-refractivity contribution is 5.90. The summed E-state index contributed by atoms with van der Waals surface area (Å²) in [7, 11) is 0. The largest absolute Gasteiger partial charge is 0.450 e. The van der Waals surface area contributed by atoms with Gasteiger partial charge >= 0.3 is 12.3 Å². The highest BCUT2D eigenvalue weighted by Gasteiger charge is 2.29. The maximum Gasteiger partial charge on any atom is 0.416 e. The van der Waals surface area contributed by atoms with E-state index in [0.29, 0.717) is 16.8 Å². The number of rotatable bonds is 6. The lowest BCUT2D eigenvalue weighted by atomic mass is 10.1. The molecule has 0 bridgehead atoms. The Balaban J connectivity index is 2.18. The molecule has 0 radical (unpaired) electrons. The Bertz CT molecular complexity index is 868. The summed E-state index contributed by atoms with van der Waals surface area (Å²) in [5.74, 6) is 0. The van der Waals surface area contributed by atoms with Crippen molar-refractivity contribution < 1.29 is 27.6 Å². The fraction of sp³-hybridized carbons (Fsp3) is 0.278. The smallest absolute Gasteiger partial charge is 0.416 e. The van der Waals surface area contributed by atoms with E-state index in [4.69, 9.17) is 4.74 Å². The minimum atomic E-state index is -4.41. The number of aryl methyl sites for hydroxylation is 1. The third kappa shape index (κ3) is 5.35. The van der Waals surface area contributed by atoms with Gasteiger partial charge in [0.1, 0.15) is 5.69 Å². The lowest BCUT2D eigenvalue weighted by molar-refractivity contribution is -0.383. The molecule has 0 saturated heterocycles. The predicted molar refractivity (Wildman–Crippen MR) is 97.2 cm³/mol. The fourth-order valence-electron chi connectivity index (χ4n) is 2.46. The van der Waals surface area contributed by atoms with Crippen molar-refractivity contribution in [3.05, 3.63) is 63.2 Å². The molecule has 0 unspecified atom stereocenters. The van der Waals surface area contributed by atoms with E-state index in [2.05, 4.69) is 10.6 Å². The number of carbonyl (C=O) groups excluding carboxylic acids is 1. The number of alkyl halides is 3. The number of amides is 1. The lowest BCUT2D eigenvalue weighted by Crippen LogP contribution is -2.15. The van der Waals surface area contributed by atoms with Gasteiger partial charge in [0, 0.05) is 18.3 Å². The summed E-state index contributed by atoms with van der Waals surface area (Å²) >= 11 is 0.